The van der Waals surface area contributed by atoms with Gasteiger partial charge in [-0.3, -0.25) is 4.57 Å². The molecule has 2 unspecified atom stereocenters. The van der Waals surface area contributed by atoms with E-state index < -0.39 is 24.5 Å². The van der Waals surface area contributed by atoms with Gasteiger partial charge in [-0.1, -0.05) is 5.92 Å². The second-order valence-electron chi connectivity index (χ2n) is 6.26. The van der Waals surface area contributed by atoms with Crippen LogP contribution in [0.15, 0.2) is 12.7 Å². The van der Waals surface area contributed by atoms with Crippen molar-refractivity contribution in [2.45, 2.75) is 50.0 Å². The van der Waals surface area contributed by atoms with Crippen LogP contribution in [0.25, 0.3) is 11.2 Å². The number of nitrogens with one attached hydrogen (secondary N) is 1. The molecule has 2 aliphatic rings. The Morgan fingerprint density at radius 1 is 1.32 bits per heavy atom. The summed E-state index contributed by atoms with van der Waals surface area (Å²) in [4.78, 5) is 12.9. The maximum atomic E-state index is 10.2. The van der Waals surface area contributed by atoms with Crippen molar-refractivity contribution in [3.63, 3.8) is 0 Å². The van der Waals surface area contributed by atoms with Gasteiger partial charge in [-0.25, -0.2) is 15.0 Å². The number of terminal acetylenes is 1. The van der Waals surface area contributed by atoms with Crippen LogP contribution in [0.2, 0.25) is 0 Å². The predicted octanol–water partition coefficient (Wildman–Crippen LogP) is -0.332. The van der Waals surface area contributed by atoms with Gasteiger partial charge in [0.15, 0.2) is 23.2 Å². The van der Waals surface area contributed by atoms with Gasteiger partial charge in [0.05, 0.1) is 18.5 Å². The number of rotatable bonds is 3. The molecule has 0 bridgehead atoms. The molecule has 6 atom stereocenters. The molecule has 2 saturated heterocycles. The number of fused-ring (bicyclic) bond motifs is 1. The second kappa shape index (κ2) is 6.24. The summed E-state index contributed by atoms with van der Waals surface area (Å²) in [6.45, 7) is 2.71. The Morgan fingerprint density at radius 2 is 2.16 bits per heavy atom. The van der Waals surface area contributed by atoms with Gasteiger partial charge in [0.25, 0.3) is 0 Å². The molecule has 2 fully saturated rings. The van der Waals surface area contributed by atoms with Crippen molar-refractivity contribution in [2.75, 3.05) is 11.9 Å². The number of anilines is 1. The topological polar surface area (TPSA) is 115 Å². The number of aromatic nitrogens is 4. The lowest BCUT2D eigenvalue weighted by Gasteiger charge is -2.18. The highest BCUT2D eigenvalue weighted by atomic mass is 16.6. The molecule has 2 aliphatic heterocycles. The van der Waals surface area contributed by atoms with E-state index in [0.29, 0.717) is 23.6 Å². The Bertz CT molecular complexity index is 818. The van der Waals surface area contributed by atoms with Crippen molar-refractivity contribution in [3.8, 4) is 12.3 Å². The van der Waals surface area contributed by atoms with E-state index in [1.165, 1.54) is 12.7 Å². The van der Waals surface area contributed by atoms with E-state index in [9.17, 15) is 10.2 Å². The van der Waals surface area contributed by atoms with E-state index in [4.69, 9.17) is 15.9 Å². The molecule has 9 heteroatoms. The number of hydrogen-bond acceptors (Lipinski definition) is 8. The van der Waals surface area contributed by atoms with Gasteiger partial charge in [-0.15, -0.1) is 6.42 Å². The monoisotopic (exact) mass is 345 g/mol. The van der Waals surface area contributed by atoms with Crippen LogP contribution < -0.4 is 5.32 Å². The molecule has 2 aromatic heterocycles. The van der Waals surface area contributed by atoms with Crippen LogP contribution in [0.4, 0.5) is 5.82 Å². The minimum atomic E-state index is -1.17. The Kier molecular flexibility index (Phi) is 4.05. The average molecular weight is 345 g/mol. The number of aliphatic hydroxyl groups is 2. The highest BCUT2D eigenvalue weighted by molar-refractivity contribution is 5.82. The summed E-state index contributed by atoms with van der Waals surface area (Å²) in [7, 11) is 0. The van der Waals surface area contributed by atoms with E-state index >= 15 is 0 Å². The SMILES string of the molecule is C#C[C@H]1OC(n2cnc3c(N[C@@H]4CCO[C@@H]4C)ncnc32)C(O)[C@@H]1O. The van der Waals surface area contributed by atoms with E-state index in [2.05, 4.69) is 26.2 Å². The predicted molar refractivity (Wildman–Crippen MR) is 87.5 cm³/mol. The van der Waals surface area contributed by atoms with Crippen LogP contribution in [-0.4, -0.2) is 66.8 Å². The molecule has 4 heterocycles. The van der Waals surface area contributed by atoms with Gasteiger partial charge in [-0.2, -0.15) is 0 Å². The zero-order chi connectivity index (χ0) is 17.6. The molecular formula is C16H19N5O4. The molecule has 25 heavy (non-hydrogen) atoms. The molecule has 132 valence electrons. The fraction of sp³-hybridized carbons (Fsp3) is 0.562. The molecule has 3 N–H and O–H groups in total. The van der Waals surface area contributed by atoms with Crippen molar-refractivity contribution in [2.24, 2.45) is 0 Å². The number of ether oxygens (including phenoxy) is 2. The first-order valence-corrected chi connectivity index (χ1v) is 8.13. The third-order valence-electron chi connectivity index (χ3n) is 4.73. The molecule has 0 saturated carbocycles. The smallest absolute Gasteiger partial charge is 0.167 e. The largest absolute Gasteiger partial charge is 0.386 e. The van der Waals surface area contributed by atoms with Crippen LogP contribution in [0.5, 0.6) is 0 Å². The lowest BCUT2D eigenvalue weighted by molar-refractivity contribution is -0.0230. The van der Waals surface area contributed by atoms with E-state index in [1.54, 1.807) is 4.57 Å². The highest BCUT2D eigenvalue weighted by Crippen LogP contribution is 2.32. The summed E-state index contributed by atoms with van der Waals surface area (Å²) in [5.41, 5.74) is 1.04. The van der Waals surface area contributed by atoms with Crippen molar-refractivity contribution < 1.29 is 19.7 Å². The highest BCUT2D eigenvalue weighted by Gasteiger charge is 2.43. The number of hydrogen-bond donors (Lipinski definition) is 3. The first kappa shape index (κ1) is 16.2. The molecular weight excluding hydrogens is 326 g/mol. The van der Waals surface area contributed by atoms with Gasteiger partial charge in [0.2, 0.25) is 0 Å². The summed E-state index contributed by atoms with van der Waals surface area (Å²) in [5.74, 6) is 2.91. The van der Waals surface area contributed by atoms with Gasteiger partial charge in [-0.05, 0) is 13.3 Å². The Hall–Kier alpha value is -2.25. The van der Waals surface area contributed by atoms with Crippen molar-refractivity contribution in [3.05, 3.63) is 12.7 Å². The maximum Gasteiger partial charge on any atom is 0.167 e. The summed E-state index contributed by atoms with van der Waals surface area (Å²) < 4.78 is 12.7. The quantitative estimate of drug-likeness (QED) is 0.648. The summed E-state index contributed by atoms with van der Waals surface area (Å²) in [5, 5.41) is 23.5. The fourth-order valence-corrected chi connectivity index (χ4v) is 3.27. The standard InChI is InChI=1S/C16H19N5O4/c1-3-10-12(22)13(23)16(25-10)21-7-19-11-14(17-6-18-15(11)21)20-9-4-5-24-8(9)2/h1,6-10,12-13,16,22-23H,4-5H2,2H3,(H,17,18,20)/t8-,9-,10-,12-,13?,16?/m1/s1. The second-order valence-corrected chi connectivity index (χ2v) is 6.26. The van der Waals surface area contributed by atoms with Crippen LogP contribution >= 0.6 is 0 Å². The molecule has 0 spiro atoms. The zero-order valence-corrected chi connectivity index (χ0v) is 13.6. The first-order valence-electron chi connectivity index (χ1n) is 8.13. The normalized spacial score (nSPS) is 35.1. The minimum Gasteiger partial charge on any atom is -0.386 e. The number of aliphatic hydroxyl groups excluding tert-OH is 2. The van der Waals surface area contributed by atoms with Crippen LogP contribution in [0, 0.1) is 12.3 Å². The van der Waals surface area contributed by atoms with Crippen molar-refractivity contribution in [1.82, 2.24) is 19.5 Å². The third-order valence-corrected chi connectivity index (χ3v) is 4.73. The molecule has 4 rings (SSSR count). The Labute approximate surface area is 144 Å². The van der Waals surface area contributed by atoms with Gasteiger partial charge >= 0.3 is 0 Å². The first-order chi connectivity index (χ1) is 12.1. The number of nitrogens with zero attached hydrogens (tertiary/aromatic N) is 4. The Balaban J connectivity index is 1.66. The minimum absolute atomic E-state index is 0.0821. The third kappa shape index (κ3) is 2.63. The van der Waals surface area contributed by atoms with E-state index in [1.807, 2.05) is 6.92 Å². The van der Waals surface area contributed by atoms with Crippen LogP contribution in [-0.2, 0) is 9.47 Å². The lowest BCUT2D eigenvalue weighted by Crippen LogP contribution is -2.30. The lowest BCUT2D eigenvalue weighted by atomic mass is 10.1. The van der Waals surface area contributed by atoms with Gasteiger partial charge in [0.1, 0.15) is 24.6 Å². The molecule has 9 nitrogen and oxygen atoms in total. The van der Waals surface area contributed by atoms with Crippen LogP contribution in [0.3, 0.4) is 0 Å². The van der Waals surface area contributed by atoms with E-state index in [0.717, 1.165) is 6.42 Å². The van der Waals surface area contributed by atoms with Crippen molar-refractivity contribution >= 4 is 17.0 Å². The maximum absolute atomic E-state index is 10.2. The zero-order valence-electron chi connectivity index (χ0n) is 13.6. The van der Waals surface area contributed by atoms with Gasteiger partial charge < -0.3 is 25.0 Å². The van der Waals surface area contributed by atoms with E-state index in [-0.39, 0.29) is 12.1 Å². The van der Waals surface area contributed by atoms with Gasteiger partial charge in [0, 0.05) is 6.61 Å². The Morgan fingerprint density at radius 3 is 2.84 bits per heavy atom. The molecule has 2 aromatic rings. The average Bonchev–Trinajstić information content (AvgIpc) is 3.29. The van der Waals surface area contributed by atoms with Crippen molar-refractivity contribution in [1.29, 1.82) is 0 Å². The molecule has 0 radical (unpaired) electrons. The molecule has 0 amide bonds. The molecule has 0 aliphatic carbocycles. The van der Waals surface area contributed by atoms with Crippen LogP contribution in [0.1, 0.15) is 19.6 Å². The fourth-order valence-electron chi connectivity index (χ4n) is 3.27. The summed E-state index contributed by atoms with van der Waals surface area (Å²) >= 11 is 0. The molecule has 0 aromatic carbocycles. The number of imidazole rings is 1. The summed E-state index contributed by atoms with van der Waals surface area (Å²) in [6.07, 6.45) is 5.12. The summed E-state index contributed by atoms with van der Waals surface area (Å²) in [6, 6.07) is 0.143.